The van der Waals surface area contributed by atoms with Crippen LogP contribution < -0.4 is 15.8 Å². The zero-order valence-electron chi connectivity index (χ0n) is 12.4. The third-order valence-electron chi connectivity index (χ3n) is 2.98. The van der Waals surface area contributed by atoms with Crippen LogP contribution in [-0.4, -0.2) is 32.3 Å². The maximum atomic E-state index is 12.2. The van der Waals surface area contributed by atoms with Crippen LogP contribution in [0.1, 0.15) is 23.5 Å². The molecule has 0 unspecified atom stereocenters. The molecule has 0 fully saturated rings. The van der Waals surface area contributed by atoms with Crippen LogP contribution in [0.5, 0.6) is 5.75 Å². The third-order valence-corrected chi connectivity index (χ3v) is 4.15. The standard InChI is InChI=1S/C15H20N2O3S/c1-9(2)20-7-6-17-15(18)14-13(16)11-5-4-10(19-3)8-12(11)21-14/h4-5,8-9H,6-7,16H2,1-3H3,(H,17,18). The van der Waals surface area contributed by atoms with Gasteiger partial charge in [0.15, 0.2) is 0 Å². The molecule has 5 nitrogen and oxygen atoms in total. The Bertz CT molecular complexity index is 637. The number of amides is 1. The highest BCUT2D eigenvalue weighted by Gasteiger charge is 2.16. The van der Waals surface area contributed by atoms with Gasteiger partial charge in [0.2, 0.25) is 0 Å². The van der Waals surface area contributed by atoms with E-state index < -0.39 is 0 Å². The Hall–Kier alpha value is -1.79. The van der Waals surface area contributed by atoms with Crippen molar-refractivity contribution in [2.45, 2.75) is 20.0 Å². The minimum absolute atomic E-state index is 0.156. The summed E-state index contributed by atoms with van der Waals surface area (Å²) in [5.74, 6) is 0.584. The summed E-state index contributed by atoms with van der Waals surface area (Å²) >= 11 is 1.37. The largest absolute Gasteiger partial charge is 0.497 e. The van der Waals surface area contributed by atoms with Gasteiger partial charge in [0, 0.05) is 16.6 Å². The highest BCUT2D eigenvalue weighted by atomic mass is 32.1. The molecule has 21 heavy (non-hydrogen) atoms. The molecule has 2 aromatic rings. The first kappa shape index (κ1) is 15.6. The molecule has 1 aromatic heterocycles. The smallest absolute Gasteiger partial charge is 0.263 e. The van der Waals surface area contributed by atoms with Gasteiger partial charge in [-0.2, -0.15) is 0 Å². The zero-order valence-corrected chi connectivity index (χ0v) is 13.3. The van der Waals surface area contributed by atoms with Gasteiger partial charge in [0.1, 0.15) is 10.6 Å². The number of carbonyl (C=O) groups is 1. The number of benzene rings is 1. The fourth-order valence-electron chi connectivity index (χ4n) is 1.93. The predicted octanol–water partition coefficient (Wildman–Crippen LogP) is 2.65. The van der Waals surface area contributed by atoms with Crippen molar-refractivity contribution in [3.05, 3.63) is 23.1 Å². The van der Waals surface area contributed by atoms with Gasteiger partial charge in [0.25, 0.3) is 5.91 Å². The molecule has 0 spiro atoms. The van der Waals surface area contributed by atoms with Gasteiger partial charge in [-0.15, -0.1) is 11.3 Å². The maximum Gasteiger partial charge on any atom is 0.263 e. The first-order chi connectivity index (χ1) is 10.0. The molecule has 0 saturated heterocycles. The lowest BCUT2D eigenvalue weighted by Crippen LogP contribution is -2.27. The molecule has 1 heterocycles. The fourth-order valence-corrected chi connectivity index (χ4v) is 3.00. The number of rotatable bonds is 6. The molecule has 0 saturated carbocycles. The van der Waals surface area contributed by atoms with Gasteiger partial charge in [-0.05, 0) is 32.0 Å². The lowest BCUT2D eigenvalue weighted by molar-refractivity contribution is 0.0748. The number of fused-ring (bicyclic) bond motifs is 1. The average Bonchev–Trinajstić information content (AvgIpc) is 2.79. The Morgan fingerprint density at radius 2 is 2.19 bits per heavy atom. The second-order valence-corrected chi connectivity index (χ2v) is 5.93. The Morgan fingerprint density at radius 1 is 1.43 bits per heavy atom. The molecule has 2 rings (SSSR count). The summed E-state index contributed by atoms with van der Waals surface area (Å²) in [4.78, 5) is 12.7. The molecule has 114 valence electrons. The van der Waals surface area contributed by atoms with Crippen molar-refractivity contribution < 1.29 is 14.3 Å². The molecule has 3 N–H and O–H groups in total. The van der Waals surface area contributed by atoms with E-state index in [-0.39, 0.29) is 12.0 Å². The maximum absolute atomic E-state index is 12.2. The number of hydrogen-bond acceptors (Lipinski definition) is 5. The van der Waals surface area contributed by atoms with E-state index in [9.17, 15) is 4.79 Å². The molecule has 0 aliphatic carbocycles. The molecule has 0 aliphatic heterocycles. The highest BCUT2D eigenvalue weighted by molar-refractivity contribution is 7.21. The van der Waals surface area contributed by atoms with E-state index >= 15 is 0 Å². The van der Waals surface area contributed by atoms with Crippen molar-refractivity contribution >= 4 is 33.0 Å². The lowest BCUT2D eigenvalue weighted by Gasteiger charge is -2.08. The first-order valence-corrected chi connectivity index (χ1v) is 7.60. The quantitative estimate of drug-likeness (QED) is 0.805. The molecular formula is C15H20N2O3S. The molecule has 0 bridgehead atoms. The Morgan fingerprint density at radius 3 is 2.86 bits per heavy atom. The van der Waals surface area contributed by atoms with Crippen molar-refractivity contribution in [3.63, 3.8) is 0 Å². The number of carbonyl (C=O) groups excluding carboxylic acids is 1. The number of nitrogens with two attached hydrogens (primary N) is 1. The summed E-state index contributed by atoms with van der Waals surface area (Å²) in [6, 6.07) is 5.59. The van der Waals surface area contributed by atoms with Crippen molar-refractivity contribution in [2.75, 3.05) is 26.0 Å². The van der Waals surface area contributed by atoms with Crippen LogP contribution in [0.4, 0.5) is 5.69 Å². The predicted molar refractivity (Wildman–Crippen MR) is 86.2 cm³/mol. The van der Waals surface area contributed by atoms with Gasteiger partial charge in [-0.25, -0.2) is 0 Å². The van der Waals surface area contributed by atoms with E-state index in [1.807, 2.05) is 32.0 Å². The number of hydrogen-bond donors (Lipinski definition) is 2. The molecule has 0 aliphatic rings. The summed E-state index contributed by atoms with van der Waals surface area (Å²) in [5, 5.41) is 3.70. The second kappa shape index (κ2) is 6.78. The lowest BCUT2D eigenvalue weighted by atomic mass is 10.2. The fraction of sp³-hybridized carbons (Fsp3) is 0.400. The third kappa shape index (κ3) is 3.65. The van der Waals surface area contributed by atoms with E-state index in [1.165, 1.54) is 11.3 Å². The average molecular weight is 308 g/mol. The summed E-state index contributed by atoms with van der Waals surface area (Å²) in [7, 11) is 1.61. The number of methoxy groups -OCH3 is 1. The van der Waals surface area contributed by atoms with Crippen LogP contribution in [0.2, 0.25) is 0 Å². The number of thiophene rings is 1. The highest BCUT2D eigenvalue weighted by Crippen LogP contribution is 2.35. The van der Waals surface area contributed by atoms with Gasteiger partial charge in [0.05, 0.1) is 25.5 Å². The Balaban J connectivity index is 2.10. The molecule has 0 atom stereocenters. The van der Waals surface area contributed by atoms with Gasteiger partial charge in [-0.3, -0.25) is 4.79 Å². The second-order valence-electron chi connectivity index (χ2n) is 4.88. The summed E-state index contributed by atoms with van der Waals surface area (Å²) in [5.41, 5.74) is 6.58. The van der Waals surface area contributed by atoms with E-state index in [0.717, 1.165) is 15.8 Å². The summed E-state index contributed by atoms with van der Waals surface area (Å²) in [6.45, 7) is 4.87. The van der Waals surface area contributed by atoms with Gasteiger partial charge >= 0.3 is 0 Å². The number of nitrogen functional groups attached to an aromatic ring is 1. The number of nitrogens with one attached hydrogen (secondary N) is 1. The first-order valence-electron chi connectivity index (χ1n) is 6.78. The van der Waals surface area contributed by atoms with Crippen molar-refractivity contribution in [2.24, 2.45) is 0 Å². The molecular weight excluding hydrogens is 288 g/mol. The van der Waals surface area contributed by atoms with Crippen LogP contribution >= 0.6 is 11.3 Å². The molecule has 6 heteroatoms. The Kier molecular flexibility index (Phi) is 5.03. The molecule has 1 aromatic carbocycles. The molecule has 1 amide bonds. The minimum Gasteiger partial charge on any atom is -0.497 e. The SMILES string of the molecule is COc1ccc2c(N)c(C(=O)NCCOC(C)C)sc2c1. The van der Waals surface area contributed by atoms with Crippen LogP contribution in [0.25, 0.3) is 10.1 Å². The number of anilines is 1. The minimum atomic E-state index is -0.167. The van der Waals surface area contributed by atoms with Crippen LogP contribution in [-0.2, 0) is 4.74 Å². The van der Waals surface area contributed by atoms with E-state index in [1.54, 1.807) is 7.11 Å². The Labute approximate surface area is 128 Å². The van der Waals surface area contributed by atoms with Crippen molar-refractivity contribution in [1.82, 2.24) is 5.32 Å². The van der Waals surface area contributed by atoms with Crippen LogP contribution in [0, 0.1) is 0 Å². The van der Waals surface area contributed by atoms with E-state index in [2.05, 4.69) is 5.32 Å². The van der Waals surface area contributed by atoms with E-state index in [4.69, 9.17) is 15.2 Å². The van der Waals surface area contributed by atoms with Crippen LogP contribution in [0.3, 0.4) is 0 Å². The van der Waals surface area contributed by atoms with E-state index in [0.29, 0.717) is 23.7 Å². The normalized spacial score (nSPS) is 11.0. The molecule has 0 radical (unpaired) electrons. The number of ether oxygens (including phenoxy) is 2. The van der Waals surface area contributed by atoms with Gasteiger partial charge < -0.3 is 20.5 Å². The topological polar surface area (TPSA) is 73.6 Å². The summed E-state index contributed by atoms with van der Waals surface area (Å²) < 4.78 is 11.5. The van der Waals surface area contributed by atoms with Gasteiger partial charge in [-0.1, -0.05) is 0 Å². The zero-order chi connectivity index (χ0) is 15.4. The van der Waals surface area contributed by atoms with Crippen molar-refractivity contribution in [3.8, 4) is 5.75 Å². The van der Waals surface area contributed by atoms with Crippen molar-refractivity contribution in [1.29, 1.82) is 0 Å². The summed E-state index contributed by atoms with van der Waals surface area (Å²) in [6.07, 6.45) is 0.156. The van der Waals surface area contributed by atoms with Crippen LogP contribution in [0.15, 0.2) is 18.2 Å². The monoisotopic (exact) mass is 308 g/mol.